The third-order valence-electron chi connectivity index (χ3n) is 7.61. The third kappa shape index (κ3) is 6.67. The molecule has 194 valence electrons. The van der Waals surface area contributed by atoms with Crippen LogP contribution in [0.4, 0.5) is 0 Å². The largest absolute Gasteiger partial charge is 0.457 e. The summed E-state index contributed by atoms with van der Waals surface area (Å²) in [4.78, 5) is 30.6. The van der Waals surface area contributed by atoms with Crippen LogP contribution >= 0.6 is 11.3 Å². The molecule has 8 heteroatoms. The van der Waals surface area contributed by atoms with Crippen molar-refractivity contribution in [1.29, 1.82) is 0 Å². The fourth-order valence-electron chi connectivity index (χ4n) is 4.93. The maximum atomic E-state index is 13.3. The van der Waals surface area contributed by atoms with Gasteiger partial charge < -0.3 is 20.3 Å². The van der Waals surface area contributed by atoms with Crippen molar-refractivity contribution in [1.82, 2.24) is 10.3 Å². The number of aliphatic hydroxyl groups excluding tert-OH is 2. The highest BCUT2D eigenvalue weighted by Gasteiger charge is 2.47. The topological polar surface area (TPSA) is 119 Å². The minimum absolute atomic E-state index is 0.114. The number of cyclic esters (lactones) is 1. The third-order valence-corrected chi connectivity index (χ3v) is 8.40. The number of nitrogens with one attached hydrogen (secondary N) is 1. The first-order valence-electron chi connectivity index (χ1n) is 12.4. The lowest BCUT2D eigenvalue weighted by molar-refractivity contribution is -0.154. The summed E-state index contributed by atoms with van der Waals surface area (Å²) in [7, 11) is 0. The predicted molar refractivity (Wildman–Crippen MR) is 138 cm³/mol. The number of hydrogen-bond acceptors (Lipinski definition) is 8. The lowest BCUT2D eigenvalue weighted by atomic mass is 9.73. The van der Waals surface area contributed by atoms with Crippen LogP contribution in [0.15, 0.2) is 22.6 Å². The molecule has 3 rings (SSSR count). The molecule has 1 aromatic rings. The Balaban J connectivity index is 1.89. The smallest absolute Gasteiger partial charge is 0.309 e. The van der Waals surface area contributed by atoms with Crippen molar-refractivity contribution in [3.8, 4) is 0 Å². The average molecular weight is 505 g/mol. The Morgan fingerprint density at radius 3 is 2.54 bits per heavy atom. The number of ether oxygens (including phenoxy) is 1. The fourth-order valence-corrected chi connectivity index (χ4v) is 5.50. The summed E-state index contributed by atoms with van der Waals surface area (Å²) in [6.07, 6.45) is 2.49. The van der Waals surface area contributed by atoms with E-state index in [1.54, 1.807) is 32.1 Å². The molecule has 7 nitrogen and oxygen atoms in total. The van der Waals surface area contributed by atoms with Gasteiger partial charge in [-0.05, 0) is 44.8 Å². The molecule has 0 saturated carbocycles. The Morgan fingerprint density at radius 1 is 1.23 bits per heavy atom. The van der Waals surface area contributed by atoms with E-state index >= 15 is 0 Å². The van der Waals surface area contributed by atoms with Crippen LogP contribution in [-0.4, -0.2) is 57.3 Å². The van der Waals surface area contributed by atoms with E-state index in [0.29, 0.717) is 6.42 Å². The molecule has 2 aliphatic rings. The van der Waals surface area contributed by atoms with Crippen molar-refractivity contribution >= 4 is 29.2 Å². The Morgan fingerprint density at radius 2 is 1.91 bits per heavy atom. The quantitative estimate of drug-likeness (QED) is 0.318. The monoisotopic (exact) mass is 504 g/mol. The van der Waals surface area contributed by atoms with E-state index in [4.69, 9.17) is 4.74 Å². The number of nitrogens with zero attached hydrogens (tertiary/aromatic N) is 1. The number of rotatable bonds is 2. The van der Waals surface area contributed by atoms with Crippen molar-refractivity contribution in [2.75, 3.05) is 0 Å². The van der Waals surface area contributed by atoms with Gasteiger partial charge in [-0.2, -0.15) is 0 Å². The zero-order valence-corrected chi connectivity index (χ0v) is 22.7. The van der Waals surface area contributed by atoms with Gasteiger partial charge in [-0.25, -0.2) is 4.98 Å². The average Bonchev–Trinajstić information content (AvgIpc) is 3.43. The lowest BCUT2D eigenvalue weighted by Crippen LogP contribution is -2.46. The molecule has 7 atom stereocenters. The molecule has 0 aliphatic carbocycles. The molecule has 0 radical (unpaired) electrons. The van der Waals surface area contributed by atoms with Crippen molar-refractivity contribution in [2.45, 2.75) is 98.1 Å². The second-order valence-corrected chi connectivity index (χ2v) is 12.0. The lowest BCUT2D eigenvalue weighted by Gasteiger charge is -2.34. The van der Waals surface area contributed by atoms with Crippen LogP contribution in [0, 0.1) is 24.2 Å². The van der Waals surface area contributed by atoms with E-state index in [0.717, 1.165) is 22.7 Å². The van der Waals surface area contributed by atoms with Crippen LogP contribution in [0.5, 0.6) is 0 Å². The molecular weight excluding hydrogens is 464 g/mol. The number of aryl methyl sites for hydroxylation is 1. The summed E-state index contributed by atoms with van der Waals surface area (Å²) in [5.74, 6) is -1.60. The van der Waals surface area contributed by atoms with Gasteiger partial charge in [-0.3, -0.25) is 9.59 Å². The van der Waals surface area contributed by atoms with Crippen LogP contribution in [0.1, 0.15) is 71.5 Å². The van der Waals surface area contributed by atoms with Gasteiger partial charge in [0.1, 0.15) is 11.9 Å². The molecule has 0 spiro atoms. The number of carbonyl (C=O) groups excluding carboxylic acids is 2. The van der Waals surface area contributed by atoms with Crippen LogP contribution in [0.2, 0.25) is 0 Å². The summed E-state index contributed by atoms with van der Waals surface area (Å²) in [6.45, 7) is 12.8. The molecule has 2 aliphatic heterocycles. The highest BCUT2D eigenvalue weighted by molar-refractivity contribution is 7.09. The van der Waals surface area contributed by atoms with Crippen molar-refractivity contribution in [2.24, 2.45) is 17.3 Å². The van der Waals surface area contributed by atoms with E-state index in [2.05, 4.69) is 23.3 Å². The van der Waals surface area contributed by atoms with Gasteiger partial charge in [-0.1, -0.05) is 39.3 Å². The molecule has 0 aromatic carbocycles. The summed E-state index contributed by atoms with van der Waals surface area (Å²) in [6, 6.07) is 0.369. The Labute approximate surface area is 212 Å². The van der Waals surface area contributed by atoms with Crippen molar-refractivity contribution in [3.63, 3.8) is 0 Å². The molecule has 3 heterocycles. The fraction of sp³-hybridized carbons (Fsp3) is 0.667. The normalized spacial score (nSPS) is 35.2. The molecule has 2 unspecified atom stereocenters. The first-order valence-corrected chi connectivity index (χ1v) is 13.3. The number of aromatic nitrogens is 1. The van der Waals surface area contributed by atoms with Crippen molar-refractivity contribution in [3.05, 3.63) is 33.3 Å². The number of Topliss-reactive ketones (excluding diaryl/α,β-unsaturated/α-hetero) is 1. The van der Waals surface area contributed by atoms with E-state index < -0.39 is 35.6 Å². The van der Waals surface area contributed by atoms with Gasteiger partial charge in [0.25, 0.3) is 0 Å². The second-order valence-electron chi connectivity index (χ2n) is 10.9. The number of fused-ring (bicyclic) bond motifs is 1. The maximum absolute atomic E-state index is 13.3. The van der Waals surface area contributed by atoms with Crippen LogP contribution in [-0.2, 0) is 14.3 Å². The number of thiazole rings is 1. The molecular formula is C27H40N2O5S. The first kappa shape index (κ1) is 27.7. The molecule has 3 N–H and O–H groups in total. The number of aliphatic hydroxyl groups is 2. The number of carbonyl (C=O) groups is 2. The first-order chi connectivity index (χ1) is 16.3. The van der Waals surface area contributed by atoms with Crippen LogP contribution in [0.25, 0.3) is 6.08 Å². The van der Waals surface area contributed by atoms with Crippen molar-refractivity contribution < 1.29 is 24.5 Å². The molecule has 0 amide bonds. The Bertz CT molecular complexity index is 997. The summed E-state index contributed by atoms with van der Waals surface area (Å²) < 4.78 is 5.83. The van der Waals surface area contributed by atoms with Gasteiger partial charge in [-0.15, -0.1) is 11.3 Å². The molecule has 1 fully saturated rings. The maximum Gasteiger partial charge on any atom is 0.309 e. The minimum Gasteiger partial charge on any atom is -0.457 e. The van der Waals surface area contributed by atoms with Gasteiger partial charge in [0.2, 0.25) is 0 Å². The van der Waals surface area contributed by atoms with Gasteiger partial charge >= 0.3 is 5.97 Å². The Hall–Kier alpha value is -1.87. The molecule has 1 aromatic heterocycles. The minimum atomic E-state index is -1.23. The molecule has 0 bridgehead atoms. The van der Waals surface area contributed by atoms with E-state index in [1.165, 1.54) is 5.57 Å². The van der Waals surface area contributed by atoms with Gasteiger partial charge in [0, 0.05) is 29.8 Å². The summed E-state index contributed by atoms with van der Waals surface area (Å²) >= 11 is 1.56. The molecule has 35 heavy (non-hydrogen) atoms. The Kier molecular flexibility index (Phi) is 8.73. The van der Waals surface area contributed by atoms with E-state index in [9.17, 15) is 19.8 Å². The zero-order chi connectivity index (χ0) is 26.1. The predicted octanol–water partition coefficient (Wildman–Crippen LogP) is 3.83. The number of ketones is 1. The van der Waals surface area contributed by atoms with Crippen LogP contribution < -0.4 is 5.32 Å². The molecule has 1 saturated heterocycles. The zero-order valence-electron chi connectivity index (χ0n) is 21.9. The number of esters is 1. The SMILES string of the molecule is CC1=CC[C@@H](C(C)=Cc2csc(C)n2)OC(=O)C[C@H](O)C(C)(C)C(=O)[C@H](C)[C@@H](O)[C@@H](C)C2NC2C1. The second kappa shape index (κ2) is 11.0. The summed E-state index contributed by atoms with van der Waals surface area (Å²) in [5, 5.41) is 28.2. The highest BCUT2D eigenvalue weighted by Crippen LogP contribution is 2.35. The van der Waals surface area contributed by atoms with Crippen LogP contribution in [0.3, 0.4) is 0 Å². The van der Waals surface area contributed by atoms with E-state index in [1.807, 2.05) is 32.2 Å². The van der Waals surface area contributed by atoms with Gasteiger partial charge in [0.15, 0.2) is 0 Å². The van der Waals surface area contributed by atoms with E-state index in [-0.39, 0.29) is 30.2 Å². The number of hydrogen-bond donors (Lipinski definition) is 3. The highest BCUT2D eigenvalue weighted by atomic mass is 32.1. The standard InChI is InChI=1S/C27H40N2O5S/c1-14-8-9-21(15(2)11-19-13-35-18(5)28-19)34-23(31)12-22(30)27(6,7)26(33)17(4)25(32)16(3)24-20(10-14)29-24/h8,11,13,16-17,20-22,24-25,29-30,32H,9-10,12H2,1-7H3/t16-,17+,20?,21-,22-,24?,25-/m0/s1. The summed E-state index contributed by atoms with van der Waals surface area (Å²) in [5.41, 5.74) is 1.66. The van der Waals surface area contributed by atoms with Gasteiger partial charge in [0.05, 0.1) is 34.7 Å².